The first-order valence-electron chi connectivity index (χ1n) is 4.02. The normalized spacial score (nSPS) is 9.62. The van der Waals surface area contributed by atoms with Crippen LogP contribution in [0.5, 0.6) is 0 Å². The number of aromatic amines is 1. The quantitative estimate of drug-likeness (QED) is 0.485. The van der Waals surface area contributed by atoms with Crippen molar-refractivity contribution in [3.05, 3.63) is 36.0 Å². The van der Waals surface area contributed by atoms with Gasteiger partial charge in [0.2, 0.25) is 0 Å². The number of fused-ring (bicyclic) bond motifs is 1. The Morgan fingerprint density at radius 1 is 1.31 bits per heavy atom. The van der Waals surface area contributed by atoms with Gasteiger partial charge in [-0.3, -0.25) is 0 Å². The summed E-state index contributed by atoms with van der Waals surface area (Å²) in [6, 6.07) is 8.08. The summed E-state index contributed by atoms with van der Waals surface area (Å²) in [7, 11) is 0. The van der Waals surface area contributed by atoms with Gasteiger partial charge in [0.05, 0.1) is 5.88 Å². The Bertz CT molecular complexity index is 473. The van der Waals surface area contributed by atoms with Gasteiger partial charge < -0.3 is 4.98 Å². The Labute approximate surface area is 81.7 Å². The standard InChI is InChI=1S/C11H8ClN/c12-6-1-2-9-3-4-11-10(8-9)5-7-13-11/h3-5,7-8,13H,6H2. The molecule has 2 rings (SSSR count). The van der Waals surface area contributed by atoms with E-state index >= 15 is 0 Å². The van der Waals surface area contributed by atoms with Gasteiger partial charge in [0.1, 0.15) is 0 Å². The lowest BCUT2D eigenvalue weighted by Crippen LogP contribution is -1.74. The molecule has 0 amide bonds. The monoisotopic (exact) mass is 189 g/mol. The van der Waals surface area contributed by atoms with E-state index in [0.29, 0.717) is 5.88 Å². The third kappa shape index (κ3) is 1.68. The van der Waals surface area contributed by atoms with Gasteiger partial charge in [-0.05, 0) is 24.3 Å². The van der Waals surface area contributed by atoms with E-state index in [1.54, 1.807) is 0 Å². The molecule has 13 heavy (non-hydrogen) atoms. The highest BCUT2D eigenvalue weighted by atomic mass is 35.5. The minimum atomic E-state index is 0.380. The van der Waals surface area contributed by atoms with Crippen molar-refractivity contribution in [1.29, 1.82) is 0 Å². The third-order valence-corrected chi connectivity index (χ3v) is 1.99. The summed E-state index contributed by atoms with van der Waals surface area (Å²) in [5, 5.41) is 1.18. The lowest BCUT2D eigenvalue weighted by Gasteiger charge is -1.90. The Morgan fingerprint density at radius 2 is 2.23 bits per heavy atom. The molecule has 0 radical (unpaired) electrons. The summed E-state index contributed by atoms with van der Waals surface area (Å²) in [4.78, 5) is 3.13. The molecule has 0 aliphatic heterocycles. The minimum Gasteiger partial charge on any atom is -0.361 e. The molecule has 0 aliphatic rings. The molecule has 64 valence electrons. The zero-order valence-corrected chi connectivity index (χ0v) is 7.73. The molecule has 0 atom stereocenters. The number of aromatic nitrogens is 1. The van der Waals surface area contributed by atoms with Crippen LogP contribution in [0.15, 0.2) is 30.5 Å². The highest BCUT2D eigenvalue weighted by Crippen LogP contribution is 2.13. The second kappa shape index (κ2) is 3.55. The number of alkyl halides is 1. The Hall–Kier alpha value is -1.39. The molecular formula is C11H8ClN. The van der Waals surface area contributed by atoms with Crippen molar-refractivity contribution < 1.29 is 0 Å². The van der Waals surface area contributed by atoms with Gasteiger partial charge in [-0.2, -0.15) is 0 Å². The molecule has 1 nitrogen and oxygen atoms in total. The fourth-order valence-electron chi connectivity index (χ4n) is 1.27. The largest absolute Gasteiger partial charge is 0.361 e. The van der Waals surface area contributed by atoms with Crippen molar-refractivity contribution in [2.24, 2.45) is 0 Å². The van der Waals surface area contributed by atoms with Crippen molar-refractivity contribution >= 4 is 22.5 Å². The lowest BCUT2D eigenvalue weighted by molar-refractivity contribution is 1.48. The van der Waals surface area contributed by atoms with Crippen LogP contribution in [0.2, 0.25) is 0 Å². The van der Waals surface area contributed by atoms with E-state index < -0.39 is 0 Å². The predicted molar refractivity (Wildman–Crippen MR) is 55.9 cm³/mol. The highest BCUT2D eigenvalue weighted by molar-refractivity contribution is 6.19. The molecular weight excluding hydrogens is 182 g/mol. The minimum absolute atomic E-state index is 0.380. The summed E-state index contributed by atoms with van der Waals surface area (Å²) in [5.74, 6) is 6.19. The topological polar surface area (TPSA) is 15.8 Å². The summed E-state index contributed by atoms with van der Waals surface area (Å²) in [6.45, 7) is 0. The van der Waals surface area contributed by atoms with Crippen LogP contribution in [0.4, 0.5) is 0 Å². The van der Waals surface area contributed by atoms with E-state index in [1.165, 1.54) is 5.39 Å². The van der Waals surface area contributed by atoms with E-state index in [2.05, 4.69) is 16.8 Å². The molecule has 0 unspecified atom stereocenters. The first-order valence-corrected chi connectivity index (χ1v) is 4.55. The molecule has 0 aliphatic carbocycles. The van der Waals surface area contributed by atoms with Crippen molar-refractivity contribution in [1.82, 2.24) is 4.98 Å². The average Bonchev–Trinajstić information content (AvgIpc) is 2.61. The second-order valence-corrected chi connectivity index (χ2v) is 2.98. The lowest BCUT2D eigenvalue weighted by atomic mass is 10.2. The van der Waals surface area contributed by atoms with Crippen molar-refractivity contribution in [3.8, 4) is 11.8 Å². The van der Waals surface area contributed by atoms with Gasteiger partial charge >= 0.3 is 0 Å². The van der Waals surface area contributed by atoms with Gasteiger partial charge in [-0.1, -0.05) is 11.8 Å². The zero-order chi connectivity index (χ0) is 9.10. The number of hydrogen-bond donors (Lipinski definition) is 1. The van der Waals surface area contributed by atoms with Crippen LogP contribution in [0.1, 0.15) is 5.56 Å². The summed E-state index contributed by atoms with van der Waals surface area (Å²) in [5.41, 5.74) is 2.14. The number of benzene rings is 1. The van der Waals surface area contributed by atoms with Crippen molar-refractivity contribution in [2.45, 2.75) is 0 Å². The van der Waals surface area contributed by atoms with Crippen LogP contribution in [0, 0.1) is 11.8 Å². The molecule has 0 fully saturated rings. The van der Waals surface area contributed by atoms with Crippen LogP contribution in [0.25, 0.3) is 10.9 Å². The maximum Gasteiger partial charge on any atom is 0.0839 e. The Morgan fingerprint density at radius 3 is 3.08 bits per heavy atom. The van der Waals surface area contributed by atoms with Gasteiger partial charge in [-0.15, -0.1) is 11.6 Å². The second-order valence-electron chi connectivity index (χ2n) is 2.72. The van der Waals surface area contributed by atoms with E-state index in [0.717, 1.165) is 11.1 Å². The summed E-state index contributed by atoms with van der Waals surface area (Å²) < 4.78 is 0. The smallest absolute Gasteiger partial charge is 0.0839 e. The number of rotatable bonds is 0. The van der Waals surface area contributed by atoms with Crippen LogP contribution >= 0.6 is 11.6 Å². The van der Waals surface area contributed by atoms with Crippen molar-refractivity contribution in [2.75, 3.05) is 5.88 Å². The Kier molecular flexibility index (Phi) is 2.25. The van der Waals surface area contributed by atoms with Gasteiger partial charge in [0, 0.05) is 22.7 Å². The van der Waals surface area contributed by atoms with E-state index in [9.17, 15) is 0 Å². The molecule has 1 N–H and O–H groups in total. The summed E-state index contributed by atoms with van der Waals surface area (Å²) >= 11 is 5.47. The number of H-pyrrole nitrogens is 1. The molecule has 1 heterocycles. The van der Waals surface area contributed by atoms with Crippen LogP contribution in [-0.2, 0) is 0 Å². The van der Waals surface area contributed by atoms with Gasteiger partial charge in [0.15, 0.2) is 0 Å². The average molecular weight is 190 g/mol. The van der Waals surface area contributed by atoms with Crippen LogP contribution in [-0.4, -0.2) is 10.9 Å². The molecule has 2 aromatic rings. The van der Waals surface area contributed by atoms with E-state index in [4.69, 9.17) is 11.6 Å². The predicted octanol–water partition coefficient (Wildman–Crippen LogP) is 2.76. The van der Waals surface area contributed by atoms with Crippen LogP contribution in [0.3, 0.4) is 0 Å². The Balaban J connectivity index is 2.48. The number of halogens is 1. The van der Waals surface area contributed by atoms with E-state index in [1.807, 2.05) is 30.5 Å². The zero-order valence-electron chi connectivity index (χ0n) is 6.97. The fraction of sp³-hybridized carbons (Fsp3) is 0.0909. The number of hydrogen-bond acceptors (Lipinski definition) is 0. The number of nitrogens with one attached hydrogen (secondary N) is 1. The maximum absolute atomic E-state index is 5.47. The molecule has 1 aromatic heterocycles. The summed E-state index contributed by atoms with van der Waals surface area (Å²) in [6.07, 6.45) is 1.92. The SMILES string of the molecule is ClCC#Cc1ccc2[nH]ccc2c1. The first-order chi connectivity index (χ1) is 6.40. The van der Waals surface area contributed by atoms with E-state index in [-0.39, 0.29) is 0 Å². The molecule has 1 aromatic carbocycles. The molecule has 0 saturated carbocycles. The molecule has 0 saturated heterocycles. The highest BCUT2D eigenvalue weighted by Gasteiger charge is 1.93. The first kappa shape index (κ1) is 8.22. The van der Waals surface area contributed by atoms with Crippen molar-refractivity contribution in [3.63, 3.8) is 0 Å². The molecule has 2 heteroatoms. The van der Waals surface area contributed by atoms with Crippen LogP contribution < -0.4 is 0 Å². The maximum atomic E-state index is 5.47. The van der Waals surface area contributed by atoms with Gasteiger partial charge in [-0.25, -0.2) is 0 Å². The molecule has 0 bridgehead atoms. The third-order valence-electron chi connectivity index (χ3n) is 1.85. The van der Waals surface area contributed by atoms with Gasteiger partial charge in [0.25, 0.3) is 0 Å². The fourth-order valence-corrected chi connectivity index (χ4v) is 1.33. The molecule has 0 spiro atoms.